The Hall–Kier alpha value is -1.69. The van der Waals surface area contributed by atoms with E-state index in [1.54, 1.807) is 0 Å². The van der Waals surface area contributed by atoms with Crippen LogP contribution in [0.1, 0.15) is 43.5 Å². The monoisotopic (exact) mass is 358 g/mol. The topological polar surface area (TPSA) is 67.4 Å². The van der Waals surface area contributed by atoms with E-state index in [2.05, 4.69) is 27.1 Å². The Balaban J connectivity index is 1.35. The van der Waals surface area contributed by atoms with Crippen LogP contribution in [0.15, 0.2) is 6.20 Å². The third-order valence-corrected chi connectivity index (χ3v) is 6.35. The van der Waals surface area contributed by atoms with Crippen LogP contribution in [-0.4, -0.2) is 48.2 Å². The van der Waals surface area contributed by atoms with Crippen LogP contribution in [0, 0.1) is 31.6 Å². The van der Waals surface area contributed by atoms with Crippen molar-refractivity contribution in [2.45, 2.75) is 52.0 Å². The van der Waals surface area contributed by atoms with E-state index in [4.69, 9.17) is 4.74 Å². The molecule has 4 rings (SSSR count). The van der Waals surface area contributed by atoms with Gasteiger partial charge in [0.05, 0.1) is 0 Å². The van der Waals surface area contributed by atoms with Gasteiger partial charge < -0.3 is 15.0 Å². The van der Waals surface area contributed by atoms with Gasteiger partial charge in [-0.2, -0.15) is 0 Å². The number of rotatable bonds is 3. The van der Waals surface area contributed by atoms with Crippen LogP contribution >= 0.6 is 0 Å². The molecule has 0 aromatic carbocycles. The Labute approximate surface area is 155 Å². The van der Waals surface area contributed by atoms with Gasteiger partial charge >= 0.3 is 0 Å². The van der Waals surface area contributed by atoms with E-state index >= 15 is 0 Å². The van der Waals surface area contributed by atoms with Crippen LogP contribution in [0.5, 0.6) is 0 Å². The molecule has 6 nitrogen and oxygen atoms in total. The standard InChI is InChI=1S/C20H30N4O2/c1-13-10-21-14(2)22-19(13)24-11-16-3-4-18(9-17(16)12-24)23-20(25)15-5-7-26-8-6-15/h10,15-18H,3-9,11-12H2,1-2H3,(H,23,25). The van der Waals surface area contributed by atoms with Crippen molar-refractivity contribution in [2.75, 3.05) is 31.2 Å². The third kappa shape index (κ3) is 3.70. The number of ether oxygens (including phenoxy) is 1. The number of aromatic nitrogens is 2. The Morgan fingerprint density at radius 2 is 1.92 bits per heavy atom. The third-order valence-electron chi connectivity index (χ3n) is 6.35. The molecule has 0 radical (unpaired) electrons. The Kier molecular flexibility index (Phi) is 5.11. The summed E-state index contributed by atoms with van der Waals surface area (Å²) in [7, 11) is 0. The summed E-state index contributed by atoms with van der Waals surface area (Å²) in [6.07, 6.45) is 7.06. The lowest BCUT2D eigenvalue weighted by molar-refractivity contribution is -0.128. The van der Waals surface area contributed by atoms with Crippen molar-refractivity contribution in [3.8, 4) is 0 Å². The number of amides is 1. The molecule has 2 aliphatic heterocycles. The molecule has 3 unspecified atom stereocenters. The predicted molar refractivity (Wildman–Crippen MR) is 100 cm³/mol. The van der Waals surface area contributed by atoms with Crippen LogP contribution in [-0.2, 0) is 9.53 Å². The first-order valence-electron chi connectivity index (χ1n) is 10.0. The minimum Gasteiger partial charge on any atom is -0.381 e. The summed E-state index contributed by atoms with van der Waals surface area (Å²) < 4.78 is 5.37. The first-order valence-corrected chi connectivity index (χ1v) is 10.0. The molecule has 142 valence electrons. The van der Waals surface area contributed by atoms with Crippen LogP contribution in [0.25, 0.3) is 0 Å². The lowest BCUT2D eigenvalue weighted by Crippen LogP contribution is -2.44. The molecule has 1 N–H and O–H groups in total. The van der Waals surface area contributed by atoms with Crippen molar-refractivity contribution in [3.05, 3.63) is 17.6 Å². The van der Waals surface area contributed by atoms with E-state index in [-0.39, 0.29) is 11.8 Å². The van der Waals surface area contributed by atoms with E-state index in [0.29, 0.717) is 12.0 Å². The first-order chi connectivity index (χ1) is 12.6. The van der Waals surface area contributed by atoms with E-state index in [0.717, 1.165) is 75.1 Å². The molecule has 26 heavy (non-hydrogen) atoms. The highest BCUT2D eigenvalue weighted by Crippen LogP contribution is 2.38. The zero-order valence-electron chi connectivity index (χ0n) is 15.9. The second kappa shape index (κ2) is 7.51. The number of hydrogen-bond donors (Lipinski definition) is 1. The number of carbonyl (C=O) groups excluding carboxylic acids is 1. The normalized spacial score (nSPS) is 29.5. The lowest BCUT2D eigenvalue weighted by Gasteiger charge is -2.32. The number of hydrogen-bond acceptors (Lipinski definition) is 5. The van der Waals surface area contributed by atoms with Gasteiger partial charge in [0.15, 0.2) is 0 Å². The van der Waals surface area contributed by atoms with Gasteiger partial charge in [-0.05, 0) is 57.8 Å². The Morgan fingerprint density at radius 1 is 1.15 bits per heavy atom. The average molecular weight is 358 g/mol. The number of carbonyl (C=O) groups is 1. The van der Waals surface area contributed by atoms with Gasteiger partial charge in [-0.25, -0.2) is 9.97 Å². The zero-order chi connectivity index (χ0) is 18.1. The van der Waals surface area contributed by atoms with Gasteiger partial charge in [0, 0.05) is 50.0 Å². The highest BCUT2D eigenvalue weighted by molar-refractivity contribution is 5.79. The smallest absolute Gasteiger partial charge is 0.223 e. The van der Waals surface area contributed by atoms with E-state index in [9.17, 15) is 4.79 Å². The molecule has 3 atom stereocenters. The fourth-order valence-electron chi connectivity index (χ4n) is 4.85. The molecule has 0 spiro atoms. The number of anilines is 1. The van der Waals surface area contributed by atoms with Gasteiger partial charge in [0.1, 0.15) is 11.6 Å². The second-order valence-electron chi connectivity index (χ2n) is 8.25. The maximum absolute atomic E-state index is 12.5. The highest BCUT2D eigenvalue weighted by Gasteiger charge is 2.39. The van der Waals surface area contributed by atoms with Gasteiger partial charge in [0.2, 0.25) is 5.91 Å². The molecule has 6 heteroatoms. The average Bonchev–Trinajstić information content (AvgIpc) is 3.07. The summed E-state index contributed by atoms with van der Waals surface area (Å²) in [4.78, 5) is 23.9. The molecule has 1 aromatic heterocycles. The lowest BCUT2D eigenvalue weighted by atomic mass is 9.79. The highest BCUT2D eigenvalue weighted by atomic mass is 16.5. The van der Waals surface area contributed by atoms with Crippen molar-refractivity contribution in [3.63, 3.8) is 0 Å². The maximum atomic E-state index is 12.5. The quantitative estimate of drug-likeness (QED) is 0.898. The second-order valence-corrected chi connectivity index (χ2v) is 8.25. The molecule has 1 saturated carbocycles. The van der Waals surface area contributed by atoms with Crippen molar-refractivity contribution in [1.29, 1.82) is 0 Å². The van der Waals surface area contributed by atoms with Crippen LogP contribution in [0.2, 0.25) is 0 Å². The Bertz CT molecular complexity index is 659. The fourth-order valence-corrected chi connectivity index (χ4v) is 4.85. The molecule has 1 amide bonds. The molecule has 1 aromatic rings. The minimum atomic E-state index is 0.146. The maximum Gasteiger partial charge on any atom is 0.223 e. The van der Waals surface area contributed by atoms with Crippen molar-refractivity contribution < 1.29 is 9.53 Å². The largest absolute Gasteiger partial charge is 0.381 e. The summed E-state index contributed by atoms with van der Waals surface area (Å²) >= 11 is 0. The SMILES string of the molecule is Cc1ncc(C)c(N2CC3CCC(NC(=O)C4CCOCC4)CC3C2)n1. The number of nitrogens with zero attached hydrogens (tertiary/aromatic N) is 3. The number of nitrogens with one attached hydrogen (secondary N) is 1. The summed E-state index contributed by atoms with van der Waals surface area (Å²) in [6.45, 7) is 7.62. The van der Waals surface area contributed by atoms with Gasteiger partial charge in [0.25, 0.3) is 0 Å². The molecular weight excluding hydrogens is 328 g/mol. The van der Waals surface area contributed by atoms with Gasteiger partial charge in [-0.1, -0.05) is 0 Å². The van der Waals surface area contributed by atoms with Gasteiger partial charge in [-0.3, -0.25) is 4.79 Å². The molecule has 2 saturated heterocycles. The molecular formula is C20H30N4O2. The van der Waals surface area contributed by atoms with Crippen LogP contribution in [0.3, 0.4) is 0 Å². The van der Waals surface area contributed by atoms with Gasteiger partial charge in [-0.15, -0.1) is 0 Å². The zero-order valence-corrected chi connectivity index (χ0v) is 15.9. The molecule has 0 bridgehead atoms. The Morgan fingerprint density at radius 3 is 2.73 bits per heavy atom. The number of fused-ring (bicyclic) bond motifs is 1. The van der Waals surface area contributed by atoms with E-state index < -0.39 is 0 Å². The molecule has 3 heterocycles. The van der Waals surface area contributed by atoms with Crippen LogP contribution < -0.4 is 10.2 Å². The van der Waals surface area contributed by atoms with E-state index in [1.807, 2.05) is 13.1 Å². The van der Waals surface area contributed by atoms with E-state index in [1.165, 1.54) is 6.42 Å². The molecule has 1 aliphatic carbocycles. The number of aryl methyl sites for hydroxylation is 2. The summed E-state index contributed by atoms with van der Waals surface area (Å²) in [5, 5.41) is 3.34. The van der Waals surface area contributed by atoms with Crippen molar-refractivity contribution in [1.82, 2.24) is 15.3 Å². The summed E-state index contributed by atoms with van der Waals surface area (Å²) in [6, 6.07) is 0.333. The van der Waals surface area contributed by atoms with Crippen LogP contribution in [0.4, 0.5) is 5.82 Å². The molecule has 3 aliphatic rings. The first kappa shape index (κ1) is 17.7. The molecule has 3 fully saturated rings. The summed E-state index contributed by atoms with van der Waals surface area (Å²) in [5.41, 5.74) is 1.15. The minimum absolute atomic E-state index is 0.146. The fraction of sp³-hybridized carbons (Fsp3) is 0.750. The van der Waals surface area contributed by atoms with Crippen molar-refractivity contribution in [2.24, 2.45) is 17.8 Å². The van der Waals surface area contributed by atoms with Crippen molar-refractivity contribution >= 4 is 11.7 Å². The summed E-state index contributed by atoms with van der Waals surface area (Å²) in [5.74, 6) is 3.69. The predicted octanol–water partition coefficient (Wildman–Crippen LogP) is 2.24.